The number of benzene rings is 1. The SMILES string of the molecule is Cc1c(C)c(C(C)(C)C)c([N+](=O)[O-])c([N+](=O)[O-])c1[N+](=O)[O-]. The molecule has 0 unspecified atom stereocenters. The lowest BCUT2D eigenvalue weighted by atomic mass is 9.80. The Bertz CT molecular complexity index is 660. The Morgan fingerprint density at radius 3 is 1.38 bits per heavy atom. The minimum atomic E-state index is -1.06. The third-order valence-corrected chi connectivity index (χ3v) is 3.28. The third kappa shape index (κ3) is 2.67. The maximum Gasteiger partial charge on any atom is 0.422 e. The van der Waals surface area contributed by atoms with Crippen LogP contribution in [0.3, 0.4) is 0 Å². The fraction of sp³-hybridized carbons (Fsp3) is 0.500. The van der Waals surface area contributed by atoms with Crippen LogP contribution in [0.4, 0.5) is 17.1 Å². The van der Waals surface area contributed by atoms with Gasteiger partial charge in [-0.15, -0.1) is 0 Å². The van der Waals surface area contributed by atoms with Gasteiger partial charge in [0, 0.05) is 11.1 Å². The number of nitro groups is 3. The predicted molar refractivity (Wildman–Crippen MR) is 74.6 cm³/mol. The first-order valence-electron chi connectivity index (χ1n) is 6.02. The fourth-order valence-electron chi connectivity index (χ4n) is 2.44. The second-order valence-corrected chi connectivity index (χ2v) is 5.69. The van der Waals surface area contributed by atoms with Crippen LogP contribution in [0.1, 0.15) is 37.5 Å². The molecule has 0 spiro atoms. The molecule has 0 saturated heterocycles. The van der Waals surface area contributed by atoms with Gasteiger partial charge >= 0.3 is 17.1 Å². The van der Waals surface area contributed by atoms with E-state index >= 15 is 0 Å². The minimum absolute atomic E-state index is 0.0715. The van der Waals surface area contributed by atoms with Gasteiger partial charge in [-0.2, -0.15) is 0 Å². The molecule has 0 amide bonds. The van der Waals surface area contributed by atoms with Gasteiger partial charge in [-0.3, -0.25) is 30.3 Å². The Kier molecular flexibility index (Phi) is 3.98. The molecule has 0 aliphatic carbocycles. The molecular formula is C12H15N3O6. The van der Waals surface area contributed by atoms with Gasteiger partial charge in [-0.25, -0.2) is 0 Å². The summed E-state index contributed by atoms with van der Waals surface area (Å²) < 4.78 is 0. The molecular weight excluding hydrogens is 282 g/mol. The standard InChI is InChI=1S/C12H15N3O6/c1-6-7(2)9(13(16)17)11(15(20)21)10(14(18)19)8(6)12(3,4)5/h1-5H3. The molecule has 0 radical (unpaired) electrons. The summed E-state index contributed by atoms with van der Waals surface area (Å²) in [4.78, 5) is 30.7. The number of nitro benzene ring substituents is 3. The second-order valence-electron chi connectivity index (χ2n) is 5.69. The summed E-state index contributed by atoms with van der Waals surface area (Å²) in [6, 6.07) is 0. The molecule has 114 valence electrons. The summed E-state index contributed by atoms with van der Waals surface area (Å²) >= 11 is 0. The van der Waals surface area contributed by atoms with Crippen molar-refractivity contribution in [2.75, 3.05) is 0 Å². The first kappa shape index (κ1) is 16.5. The summed E-state index contributed by atoms with van der Waals surface area (Å²) in [6.45, 7) is 7.85. The van der Waals surface area contributed by atoms with E-state index in [1.165, 1.54) is 13.8 Å². The zero-order valence-corrected chi connectivity index (χ0v) is 12.3. The fourth-order valence-corrected chi connectivity index (χ4v) is 2.44. The van der Waals surface area contributed by atoms with E-state index < -0.39 is 37.2 Å². The number of hydrogen-bond acceptors (Lipinski definition) is 6. The highest BCUT2D eigenvalue weighted by atomic mass is 16.6. The Balaban J connectivity index is 4.17. The lowest BCUT2D eigenvalue weighted by Crippen LogP contribution is -2.19. The number of rotatable bonds is 3. The van der Waals surface area contributed by atoms with Crippen LogP contribution >= 0.6 is 0 Å². The maximum atomic E-state index is 11.3. The highest BCUT2D eigenvalue weighted by Gasteiger charge is 2.44. The van der Waals surface area contributed by atoms with Crippen molar-refractivity contribution in [2.24, 2.45) is 0 Å². The Morgan fingerprint density at radius 1 is 0.714 bits per heavy atom. The number of nitrogens with zero attached hydrogens (tertiary/aromatic N) is 3. The van der Waals surface area contributed by atoms with Gasteiger partial charge in [0.15, 0.2) is 0 Å². The largest absolute Gasteiger partial charge is 0.422 e. The van der Waals surface area contributed by atoms with Crippen molar-refractivity contribution in [3.8, 4) is 0 Å². The van der Waals surface area contributed by atoms with Crippen molar-refractivity contribution in [3.05, 3.63) is 47.0 Å². The molecule has 0 atom stereocenters. The van der Waals surface area contributed by atoms with E-state index in [1.54, 1.807) is 20.8 Å². The highest BCUT2D eigenvalue weighted by molar-refractivity contribution is 5.75. The molecule has 9 nitrogen and oxygen atoms in total. The number of hydrogen-bond donors (Lipinski definition) is 0. The van der Waals surface area contributed by atoms with E-state index in [0.29, 0.717) is 5.56 Å². The van der Waals surface area contributed by atoms with Crippen LogP contribution < -0.4 is 0 Å². The van der Waals surface area contributed by atoms with Gasteiger partial charge in [-0.05, 0) is 24.8 Å². The highest BCUT2D eigenvalue weighted by Crippen LogP contribution is 2.47. The van der Waals surface area contributed by atoms with E-state index in [0.717, 1.165) is 0 Å². The van der Waals surface area contributed by atoms with E-state index in [4.69, 9.17) is 0 Å². The van der Waals surface area contributed by atoms with Gasteiger partial charge < -0.3 is 0 Å². The van der Waals surface area contributed by atoms with Crippen LogP contribution in [0.2, 0.25) is 0 Å². The molecule has 9 heteroatoms. The van der Waals surface area contributed by atoms with Crippen LogP contribution in [0.15, 0.2) is 0 Å². The Labute approximate surface area is 120 Å². The summed E-state index contributed by atoms with van der Waals surface area (Å²) in [5.41, 5.74) is -2.91. The summed E-state index contributed by atoms with van der Waals surface area (Å²) in [7, 11) is 0. The predicted octanol–water partition coefficient (Wildman–Crippen LogP) is 3.33. The van der Waals surface area contributed by atoms with Gasteiger partial charge in [0.25, 0.3) is 0 Å². The van der Waals surface area contributed by atoms with Crippen molar-refractivity contribution in [2.45, 2.75) is 40.0 Å². The summed E-state index contributed by atoms with van der Waals surface area (Å²) in [6.07, 6.45) is 0. The lowest BCUT2D eigenvalue weighted by molar-refractivity contribution is -0.441. The zero-order chi connectivity index (χ0) is 16.7. The maximum absolute atomic E-state index is 11.3. The minimum Gasteiger partial charge on any atom is -0.258 e. The molecule has 0 aromatic heterocycles. The molecule has 0 saturated carbocycles. The van der Waals surface area contributed by atoms with Gasteiger partial charge in [0.1, 0.15) is 0 Å². The van der Waals surface area contributed by atoms with Crippen LogP contribution in [-0.4, -0.2) is 14.8 Å². The summed E-state index contributed by atoms with van der Waals surface area (Å²) in [5, 5.41) is 33.6. The first-order valence-corrected chi connectivity index (χ1v) is 6.02. The molecule has 0 fully saturated rings. The van der Waals surface area contributed by atoms with Crippen molar-refractivity contribution >= 4 is 17.1 Å². The molecule has 1 aromatic carbocycles. The topological polar surface area (TPSA) is 129 Å². The quantitative estimate of drug-likeness (QED) is 0.621. The first-order chi connectivity index (χ1) is 9.41. The molecule has 0 aliphatic heterocycles. The molecule has 21 heavy (non-hydrogen) atoms. The molecule has 1 rings (SSSR count). The van der Waals surface area contributed by atoms with E-state index in [-0.39, 0.29) is 11.1 Å². The summed E-state index contributed by atoms with van der Waals surface area (Å²) in [5.74, 6) is 0. The van der Waals surface area contributed by atoms with Gasteiger partial charge in [0.2, 0.25) is 0 Å². The van der Waals surface area contributed by atoms with Crippen LogP contribution in [0.5, 0.6) is 0 Å². The van der Waals surface area contributed by atoms with Crippen LogP contribution in [-0.2, 0) is 5.41 Å². The second kappa shape index (κ2) is 5.08. The average molecular weight is 297 g/mol. The van der Waals surface area contributed by atoms with Crippen LogP contribution in [0, 0.1) is 44.2 Å². The molecule has 0 N–H and O–H groups in total. The van der Waals surface area contributed by atoms with Crippen molar-refractivity contribution in [1.29, 1.82) is 0 Å². The zero-order valence-electron chi connectivity index (χ0n) is 12.3. The molecule has 0 heterocycles. The molecule has 0 aliphatic rings. The molecule has 1 aromatic rings. The van der Waals surface area contributed by atoms with Crippen LogP contribution in [0.25, 0.3) is 0 Å². The van der Waals surface area contributed by atoms with Gasteiger partial charge in [0.05, 0.1) is 14.8 Å². The average Bonchev–Trinajstić information content (AvgIpc) is 2.28. The lowest BCUT2D eigenvalue weighted by Gasteiger charge is -2.22. The smallest absolute Gasteiger partial charge is 0.258 e. The van der Waals surface area contributed by atoms with Gasteiger partial charge in [-0.1, -0.05) is 20.8 Å². The Morgan fingerprint density at radius 2 is 1.10 bits per heavy atom. The monoisotopic (exact) mass is 297 g/mol. The van der Waals surface area contributed by atoms with Crippen molar-refractivity contribution < 1.29 is 14.8 Å². The normalized spacial score (nSPS) is 11.3. The Hall–Kier alpha value is -2.58. The third-order valence-electron chi connectivity index (χ3n) is 3.28. The van der Waals surface area contributed by atoms with Crippen molar-refractivity contribution in [3.63, 3.8) is 0 Å². The van der Waals surface area contributed by atoms with E-state index in [9.17, 15) is 30.3 Å². The molecule has 0 bridgehead atoms. The van der Waals surface area contributed by atoms with E-state index in [2.05, 4.69) is 0 Å². The van der Waals surface area contributed by atoms with E-state index in [1.807, 2.05) is 0 Å². The van der Waals surface area contributed by atoms with Crippen molar-refractivity contribution in [1.82, 2.24) is 0 Å².